The van der Waals surface area contributed by atoms with Gasteiger partial charge in [0, 0.05) is 0 Å². The molecule has 0 spiro atoms. The summed E-state index contributed by atoms with van der Waals surface area (Å²) in [5.74, 6) is -0.653. The summed E-state index contributed by atoms with van der Waals surface area (Å²) in [7, 11) is -0.534. The van der Waals surface area contributed by atoms with E-state index in [1.807, 2.05) is 38.2 Å². The maximum Gasteiger partial charge on any atom is 0.315 e. The van der Waals surface area contributed by atoms with Gasteiger partial charge in [0.05, 0.1) is 13.2 Å². The van der Waals surface area contributed by atoms with E-state index in [1.165, 1.54) is 7.11 Å². The third-order valence-corrected chi connectivity index (χ3v) is 8.32. The number of methoxy groups -OCH3 is 1. The van der Waals surface area contributed by atoms with Gasteiger partial charge in [-0.25, -0.2) is 0 Å². The molecule has 0 aromatic heterocycles. The molecule has 2 atom stereocenters. The first-order valence-corrected chi connectivity index (χ1v) is 10.0. The van der Waals surface area contributed by atoms with Crippen LogP contribution in [0.2, 0.25) is 18.1 Å². The molecule has 3 nitrogen and oxygen atoms in total. The van der Waals surface area contributed by atoms with Crippen LogP contribution in [0.4, 0.5) is 0 Å². The van der Waals surface area contributed by atoms with E-state index in [4.69, 9.17) is 9.16 Å². The van der Waals surface area contributed by atoms with Gasteiger partial charge in [0.25, 0.3) is 0 Å². The SMILES string of the molecule is C/C=C/[C@H](C(=O)OC)[C@@H](/C=C/C)O[Si](C)(C)C(C)(C)C. The summed E-state index contributed by atoms with van der Waals surface area (Å²) in [6.07, 6.45) is 7.32. The number of carbonyl (C=O) groups is 1. The van der Waals surface area contributed by atoms with Crippen molar-refractivity contribution < 1.29 is 14.0 Å². The fourth-order valence-corrected chi connectivity index (χ4v) is 2.86. The molecule has 0 aliphatic heterocycles. The van der Waals surface area contributed by atoms with Gasteiger partial charge >= 0.3 is 5.97 Å². The topological polar surface area (TPSA) is 35.5 Å². The Hall–Kier alpha value is -0.873. The van der Waals surface area contributed by atoms with E-state index in [9.17, 15) is 4.79 Å². The summed E-state index contributed by atoms with van der Waals surface area (Å²) in [4.78, 5) is 12.0. The second-order valence-electron chi connectivity index (χ2n) is 6.44. The first-order chi connectivity index (χ1) is 9.10. The Labute approximate surface area is 125 Å². The Morgan fingerprint density at radius 3 is 1.95 bits per heavy atom. The summed E-state index contributed by atoms with van der Waals surface area (Å²) in [6, 6.07) is 0. The molecule has 0 heterocycles. The largest absolute Gasteiger partial charge is 0.468 e. The molecule has 0 aromatic rings. The van der Waals surface area contributed by atoms with Crippen molar-refractivity contribution in [1.82, 2.24) is 0 Å². The minimum atomic E-state index is -1.95. The van der Waals surface area contributed by atoms with Crippen molar-refractivity contribution in [3.8, 4) is 0 Å². The van der Waals surface area contributed by atoms with Crippen LogP contribution >= 0.6 is 0 Å². The minimum Gasteiger partial charge on any atom is -0.468 e. The first kappa shape index (κ1) is 19.1. The summed E-state index contributed by atoms with van der Waals surface area (Å²) in [5, 5.41) is 0.101. The lowest BCUT2D eigenvalue weighted by Crippen LogP contribution is -2.46. The number of ether oxygens (including phenoxy) is 1. The van der Waals surface area contributed by atoms with Crippen LogP contribution in [-0.2, 0) is 14.0 Å². The molecule has 0 saturated heterocycles. The molecular weight excluding hydrogens is 268 g/mol. The van der Waals surface area contributed by atoms with Crippen LogP contribution in [-0.4, -0.2) is 27.5 Å². The average molecular weight is 298 g/mol. The van der Waals surface area contributed by atoms with Gasteiger partial charge in [-0.2, -0.15) is 0 Å². The van der Waals surface area contributed by atoms with Crippen LogP contribution in [0.15, 0.2) is 24.3 Å². The monoisotopic (exact) mass is 298 g/mol. The molecule has 0 N–H and O–H groups in total. The molecule has 0 unspecified atom stereocenters. The molecule has 0 fully saturated rings. The molecule has 0 amide bonds. The average Bonchev–Trinajstić information content (AvgIpc) is 2.33. The molecule has 0 aliphatic rings. The van der Waals surface area contributed by atoms with Gasteiger partial charge in [-0.3, -0.25) is 4.79 Å². The van der Waals surface area contributed by atoms with E-state index >= 15 is 0 Å². The van der Waals surface area contributed by atoms with Gasteiger partial charge < -0.3 is 9.16 Å². The lowest BCUT2D eigenvalue weighted by molar-refractivity contribution is -0.145. The zero-order chi connectivity index (χ0) is 16.0. The fourth-order valence-electron chi connectivity index (χ4n) is 1.60. The zero-order valence-electron chi connectivity index (χ0n) is 14.2. The molecule has 0 aromatic carbocycles. The van der Waals surface area contributed by atoms with Crippen LogP contribution in [0.3, 0.4) is 0 Å². The van der Waals surface area contributed by atoms with Crippen molar-refractivity contribution in [3.63, 3.8) is 0 Å². The molecule has 0 saturated carbocycles. The van der Waals surface area contributed by atoms with Gasteiger partial charge in [-0.15, -0.1) is 0 Å². The number of hydrogen-bond acceptors (Lipinski definition) is 3. The van der Waals surface area contributed by atoms with Gasteiger partial charge in [0.1, 0.15) is 5.92 Å². The second kappa shape index (κ2) is 7.79. The molecule has 116 valence electrons. The van der Waals surface area contributed by atoms with Crippen molar-refractivity contribution in [2.45, 2.75) is 58.9 Å². The second-order valence-corrected chi connectivity index (χ2v) is 11.2. The van der Waals surface area contributed by atoms with Gasteiger partial charge in [-0.05, 0) is 32.0 Å². The zero-order valence-corrected chi connectivity index (χ0v) is 15.2. The third kappa shape index (κ3) is 5.25. The molecule has 0 rings (SSSR count). The van der Waals surface area contributed by atoms with Gasteiger partial charge in [0.2, 0.25) is 0 Å². The quantitative estimate of drug-likeness (QED) is 0.416. The van der Waals surface area contributed by atoms with E-state index in [1.54, 1.807) is 0 Å². The standard InChI is InChI=1S/C16H30O3Si/c1-9-11-13(15(17)18-6)14(12-10-2)19-20(7,8)16(3,4)5/h9-14H,1-8H3/b11-9+,12-10+/t13-,14+/m0/s1. The van der Waals surface area contributed by atoms with Gasteiger partial charge in [0.15, 0.2) is 8.32 Å². The molecule has 0 radical (unpaired) electrons. The van der Waals surface area contributed by atoms with Crippen LogP contribution in [0.1, 0.15) is 34.6 Å². The first-order valence-electron chi connectivity index (χ1n) is 7.12. The molecule has 20 heavy (non-hydrogen) atoms. The normalized spacial score (nSPS) is 16.6. The fraction of sp³-hybridized carbons (Fsp3) is 0.688. The minimum absolute atomic E-state index is 0.101. The predicted octanol–water partition coefficient (Wildman–Crippen LogP) is 4.32. The Bertz CT molecular complexity index is 364. The summed E-state index contributed by atoms with van der Waals surface area (Å²) in [5.41, 5.74) is 0. The summed E-state index contributed by atoms with van der Waals surface area (Å²) < 4.78 is 11.3. The Morgan fingerprint density at radius 1 is 1.10 bits per heavy atom. The van der Waals surface area contributed by atoms with E-state index < -0.39 is 14.2 Å². The van der Waals surface area contributed by atoms with Crippen molar-refractivity contribution in [2.24, 2.45) is 5.92 Å². The number of rotatable bonds is 6. The Balaban J connectivity index is 5.37. The van der Waals surface area contributed by atoms with Crippen molar-refractivity contribution in [2.75, 3.05) is 7.11 Å². The third-order valence-electron chi connectivity index (χ3n) is 3.85. The van der Waals surface area contributed by atoms with Crippen LogP contribution in [0.25, 0.3) is 0 Å². The van der Waals surface area contributed by atoms with E-state index in [0.29, 0.717) is 0 Å². The smallest absolute Gasteiger partial charge is 0.315 e. The Morgan fingerprint density at radius 2 is 1.60 bits per heavy atom. The van der Waals surface area contributed by atoms with Crippen LogP contribution < -0.4 is 0 Å². The highest BCUT2D eigenvalue weighted by Crippen LogP contribution is 2.38. The highest BCUT2D eigenvalue weighted by Gasteiger charge is 2.41. The van der Waals surface area contributed by atoms with Gasteiger partial charge in [-0.1, -0.05) is 45.1 Å². The van der Waals surface area contributed by atoms with Crippen LogP contribution in [0.5, 0.6) is 0 Å². The van der Waals surface area contributed by atoms with E-state index in [-0.39, 0.29) is 17.1 Å². The van der Waals surface area contributed by atoms with Crippen molar-refractivity contribution in [1.29, 1.82) is 0 Å². The van der Waals surface area contributed by atoms with Crippen LogP contribution in [0, 0.1) is 5.92 Å². The number of hydrogen-bond donors (Lipinski definition) is 0. The molecule has 4 heteroatoms. The van der Waals surface area contributed by atoms with Crippen molar-refractivity contribution >= 4 is 14.3 Å². The lowest BCUT2D eigenvalue weighted by atomic mass is 10.0. The van der Waals surface area contributed by atoms with E-state index in [0.717, 1.165) is 0 Å². The maximum atomic E-state index is 12.0. The Kier molecular flexibility index (Phi) is 7.45. The molecular formula is C16H30O3Si. The van der Waals surface area contributed by atoms with Crippen molar-refractivity contribution in [3.05, 3.63) is 24.3 Å². The highest BCUT2D eigenvalue weighted by atomic mass is 28.4. The maximum absolute atomic E-state index is 12.0. The molecule has 0 aliphatic carbocycles. The lowest BCUT2D eigenvalue weighted by Gasteiger charge is -2.39. The highest BCUT2D eigenvalue weighted by molar-refractivity contribution is 6.74. The summed E-state index contributed by atoms with van der Waals surface area (Å²) in [6.45, 7) is 14.8. The molecule has 0 bridgehead atoms. The summed E-state index contributed by atoms with van der Waals surface area (Å²) >= 11 is 0. The van der Waals surface area contributed by atoms with E-state index in [2.05, 4.69) is 33.9 Å². The number of allylic oxidation sites excluding steroid dienone is 2. The number of esters is 1. The number of carbonyl (C=O) groups excluding carboxylic acids is 1. The predicted molar refractivity (Wildman–Crippen MR) is 87.2 cm³/mol.